The summed E-state index contributed by atoms with van der Waals surface area (Å²) in [5.74, 6) is -1.32. The van der Waals surface area contributed by atoms with Gasteiger partial charge in [-0.05, 0) is 44.2 Å². The number of hydrogen-bond acceptors (Lipinski definition) is 8. The summed E-state index contributed by atoms with van der Waals surface area (Å²) in [4.78, 5) is 41.1. The molecule has 0 bridgehead atoms. The molecule has 0 unspecified atom stereocenters. The first-order chi connectivity index (χ1) is 19.4. The smallest absolute Gasteiger partial charge is 0.416 e. The number of halogens is 4. The van der Waals surface area contributed by atoms with Crippen molar-refractivity contribution in [3.63, 3.8) is 0 Å². The Morgan fingerprint density at radius 2 is 1.93 bits per heavy atom. The Hall–Kier alpha value is -4.59. The molecule has 0 saturated carbocycles. The second-order valence-electron chi connectivity index (χ2n) is 8.51. The van der Waals surface area contributed by atoms with Gasteiger partial charge in [-0.25, -0.2) is 9.78 Å². The zero-order chi connectivity index (χ0) is 29.9. The molecular weight excluding hydrogens is 613 g/mol. The third kappa shape index (κ3) is 6.43. The van der Waals surface area contributed by atoms with Gasteiger partial charge in [0.1, 0.15) is 0 Å². The number of nitro benzene ring substituents is 1. The first-order valence-corrected chi connectivity index (χ1v) is 12.7. The number of carbonyl (C=O) groups is 1. The lowest BCUT2D eigenvalue weighted by Crippen LogP contribution is -2.27. The Balaban J connectivity index is 1.93. The van der Waals surface area contributed by atoms with Gasteiger partial charge in [0.25, 0.3) is 5.56 Å². The van der Waals surface area contributed by atoms with Crippen molar-refractivity contribution in [1.82, 2.24) is 9.66 Å². The van der Waals surface area contributed by atoms with E-state index in [-0.39, 0.29) is 44.7 Å². The van der Waals surface area contributed by atoms with Crippen LogP contribution < -0.4 is 10.3 Å². The molecule has 3 aromatic carbocycles. The van der Waals surface area contributed by atoms with Crippen molar-refractivity contribution in [3.05, 3.63) is 96.7 Å². The normalized spacial score (nSPS) is 12.4. The number of benzene rings is 3. The largest absolute Gasteiger partial charge is 0.471 e. The second kappa shape index (κ2) is 11.9. The van der Waals surface area contributed by atoms with Gasteiger partial charge in [-0.15, -0.1) is 0 Å². The second-order valence-corrected chi connectivity index (χ2v) is 9.42. The molecule has 10 nitrogen and oxygen atoms in total. The lowest BCUT2D eigenvalue weighted by Gasteiger charge is -2.16. The Bertz CT molecular complexity index is 1740. The molecule has 0 fully saturated rings. The Morgan fingerprint density at radius 3 is 2.61 bits per heavy atom. The molecule has 0 spiro atoms. The summed E-state index contributed by atoms with van der Waals surface area (Å²) >= 11 is 3.19. The Morgan fingerprint density at radius 1 is 1.20 bits per heavy atom. The molecule has 0 amide bonds. The molecule has 0 saturated heterocycles. The van der Waals surface area contributed by atoms with E-state index in [0.717, 1.165) is 29.1 Å². The third-order valence-corrected chi connectivity index (χ3v) is 6.14. The lowest BCUT2D eigenvalue weighted by molar-refractivity contribution is -0.386. The topological polar surface area (TPSA) is 126 Å². The number of carbonyl (C=O) groups excluding carboxylic acids is 1. The van der Waals surface area contributed by atoms with Crippen LogP contribution in [0.5, 0.6) is 5.75 Å². The number of aromatic nitrogens is 2. The molecule has 1 atom stereocenters. The number of nitro groups is 1. The molecule has 0 N–H and O–H groups in total. The molecule has 1 heterocycles. The van der Waals surface area contributed by atoms with E-state index in [9.17, 15) is 32.9 Å². The van der Waals surface area contributed by atoms with Crippen LogP contribution in [0.3, 0.4) is 0 Å². The summed E-state index contributed by atoms with van der Waals surface area (Å²) in [6.07, 6.45) is -4.84. The molecular formula is C27H20BrF3N4O6. The fourth-order valence-electron chi connectivity index (χ4n) is 3.82. The summed E-state index contributed by atoms with van der Waals surface area (Å²) in [5.41, 5.74) is -2.02. The van der Waals surface area contributed by atoms with E-state index in [4.69, 9.17) is 9.47 Å². The van der Waals surface area contributed by atoms with Gasteiger partial charge in [0.15, 0.2) is 11.9 Å². The minimum Gasteiger partial charge on any atom is -0.471 e. The highest BCUT2D eigenvalue weighted by Gasteiger charge is 2.31. The maximum absolute atomic E-state index is 13.5. The maximum atomic E-state index is 13.5. The molecule has 1 aromatic heterocycles. The predicted molar refractivity (Wildman–Crippen MR) is 147 cm³/mol. The average Bonchev–Trinajstić information content (AvgIpc) is 2.93. The van der Waals surface area contributed by atoms with Gasteiger partial charge >= 0.3 is 17.8 Å². The SMILES string of the molecule is CCOC(=O)[C@H](C)Oc1c(C=Nn2c(-c3cccc(C(F)(F)F)c3)nc3ccccc3c2=O)cc(Br)cc1[N+](=O)[O-]. The minimum atomic E-state index is -4.65. The van der Waals surface area contributed by atoms with Crippen LogP contribution >= 0.6 is 15.9 Å². The van der Waals surface area contributed by atoms with Crippen LogP contribution in [0.25, 0.3) is 22.3 Å². The minimum absolute atomic E-state index is 0.0164. The average molecular weight is 633 g/mol. The number of esters is 1. The van der Waals surface area contributed by atoms with E-state index in [1.165, 1.54) is 37.3 Å². The summed E-state index contributed by atoms with van der Waals surface area (Å²) in [7, 11) is 0. The molecule has 0 aliphatic heterocycles. The van der Waals surface area contributed by atoms with Gasteiger partial charge in [-0.2, -0.15) is 22.9 Å². The molecule has 14 heteroatoms. The van der Waals surface area contributed by atoms with E-state index >= 15 is 0 Å². The van der Waals surface area contributed by atoms with Crippen molar-refractivity contribution in [2.45, 2.75) is 26.1 Å². The Labute approximate surface area is 238 Å². The number of para-hydroxylation sites is 1. The number of nitrogens with zero attached hydrogens (tertiary/aromatic N) is 4. The first kappa shape index (κ1) is 29.4. The van der Waals surface area contributed by atoms with Crippen molar-refractivity contribution in [2.24, 2.45) is 5.10 Å². The number of hydrogen-bond donors (Lipinski definition) is 0. The summed E-state index contributed by atoms with van der Waals surface area (Å²) in [6, 6.07) is 13.0. The van der Waals surface area contributed by atoms with E-state index in [2.05, 4.69) is 26.0 Å². The first-order valence-electron chi connectivity index (χ1n) is 12.0. The van der Waals surface area contributed by atoms with Crippen molar-refractivity contribution >= 4 is 44.7 Å². The van der Waals surface area contributed by atoms with Crippen LogP contribution in [-0.4, -0.2) is 39.5 Å². The summed E-state index contributed by atoms with van der Waals surface area (Å²) in [6.45, 7) is 2.98. The quantitative estimate of drug-likeness (QED) is 0.101. The van der Waals surface area contributed by atoms with Gasteiger partial charge in [0, 0.05) is 21.7 Å². The predicted octanol–water partition coefficient (Wildman–Crippen LogP) is 5.97. The molecule has 0 aliphatic rings. The van der Waals surface area contributed by atoms with E-state index < -0.39 is 40.0 Å². The van der Waals surface area contributed by atoms with Gasteiger partial charge < -0.3 is 9.47 Å². The van der Waals surface area contributed by atoms with Crippen LogP contribution in [0, 0.1) is 10.1 Å². The van der Waals surface area contributed by atoms with Gasteiger partial charge in [-0.3, -0.25) is 14.9 Å². The highest BCUT2D eigenvalue weighted by molar-refractivity contribution is 9.10. The molecule has 212 valence electrons. The van der Waals surface area contributed by atoms with E-state index in [1.54, 1.807) is 19.1 Å². The summed E-state index contributed by atoms with van der Waals surface area (Å²) in [5, 5.41) is 16.1. The number of rotatable bonds is 8. The van der Waals surface area contributed by atoms with E-state index in [1.807, 2.05) is 0 Å². The number of fused-ring (bicyclic) bond motifs is 1. The molecule has 4 aromatic rings. The van der Waals surface area contributed by atoms with Gasteiger partial charge in [-0.1, -0.05) is 40.2 Å². The monoisotopic (exact) mass is 632 g/mol. The fraction of sp³-hybridized carbons (Fsp3) is 0.185. The van der Waals surface area contributed by atoms with Crippen LogP contribution in [0.2, 0.25) is 0 Å². The van der Waals surface area contributed by atoms with Crippen LogP contribution in [0.1, 0.15) is 25.0 Å². The number of ether oxygens (including phenoxy) is 2. The Kier molecular flexibility index (Phi) is 8.52. The third-order valence-electron chi connectivity index (χ3n) is 5.69. The van der Waals surface area contributed by atoms with Crippen molar-refractivity contribution in [1.29, 1.82) is 0 Å². The fourth-order valence-corrected chi connectivity index (χ4v) is 4.28. The zero-order valence-electron chi connectivity index (χ0n) is 21.4. The van der Waals surface area contributed by atoms with Crippen molar-refractivity contribution in [3.8, 4) is 17.1 Å². The zero-order valence-corrected chi connectivity index (χ0v) is 23.0. The van der Waals surface area contributed by atoms with Crippen LogP contribution in [-0.2, 0) is 15.7 Å². The summed E-state index contributed by atoms with van der Waals surface area (Å²) < 4.78 is 51.9. The highest BCUT2D eigenvalue weighted by atomic mass is 79.9. The van der Waals surface area contributed by atoms with Gasteiger partial charge in [0.2, 0.25) is 5.75 Å². The lowest BCUT2D eigenvalue weighted by atomic mass is 10.1. The van der Waals surface area contributed by atoms with Gasteiger partial charge in [0.05, 0.1) is 34.2 Å². The van der Waals surface area contributed by atoms with Crippen molar-refractivity contribution in [2.75, 3.05) is 6.61 Å². The molecule has 0 radical (unpaired) electrons. The van der Waals surface area contributed by atoms with Crippen molar-refractivity contribution < 1.29 is 32.4 Å². The van der Waals surface area contributed by atoms with E-state index in [0.29, 0.717) is 0 Å². The molecule has 0 aliphatic carbocycles. The van der Waals surface area contributed by atoms with Crippen LogP contribution in [0.15, 0.2) is 75.0 Å². The highest BCUT2D eigenvalue weighted by Crippen LogP contribution is 2.35. The molecule has 4 rings (SSSR count). The van der Waals surface area contributed by atoms with Crippen LogP contribution in [0.4, 0.5) is 18.9 Å². The molecule has 41 heavy (non-hydrogen) atoms. The maximum Gasteiger partial charge on any atom is 0.416 e. The number of alkyl halides is 3. The standard InChI is InChI=1S/C27H20BrF3N4O6/c1-3-40-26(37)15(2)41-23-17(12-19(28)13-22(23)35(38)39)14-32-34-24(16-7-6-8-18(11-16)27(29,30)31)33-21-10-5-4-9-20(21)25(34)36/h4-15H,3H2,1-2H3/t15-/m0/s1.